The molecule has 0 aromatic carbocycles. The topological polar surface area (TPSA) is 90.7 Å². The smallest absolute Gasteiger partial charge is 0.251 e. The van der Waals surface area contributed by atoms with Crippen LogP contribution >= 0.6 is 0 Å². The number of piperidine rings is 1. The summed E-state index contributed by atoms with van der Waals surface area (Å²) in [4.78, 5) is 23.6. The molecule has 2 fully saturated rings. The van der Waals surface area contributed by atoms with Crippen LogP contribution in [-0.2, 0) is 6.54 Å². The molecule has 2 N–H and O–H groups in total. The molecule has 1 saturated carbocycles. The van der Waals surface area contributed by atoms with E-state index in [1.807, 2.05) is 6.20 Å². The van der Waals surface area contributed by atoms with Gasteiger partial charge in [-0.25, -0.2) is 13.8 Å². The number of halogens is 3. The van der Waals surface area contributed by atoms with Gasteiger partial charge in [-0.05, 0) is 74.7 Å². The number of hydrogen-bond donors (Lipinski definition) is 2. The summed E-state index contributed by atoms with van der Waals surface area (Å²) in [6, 6.07) is 4.24. The first-order chi connectivity index (χ1) is 18.9. The molecule has 0 spiro atoms. The van der Waals surface area contributed by atoms with Crippen molar-refractivity contribution in [2.75, 3.05) is 25.5 Å². The maximum absolute atomic E-state index is 14.1. The second-order valence-corrected chi connectivity index (χ2v) is 9.91. The minimum absolute atomic E-state index is 0.237. The van der Waals surface area contributed by atoms with Crippen LogP contribution in [0.25, 0.3) is 0 Å². The number of rotatable bonds is 8. The number of pyridine rings is 3. The lowest BCUT2D eigenvalue weighted by molar-refractivity contribution is 0.288. The van der Waals surface area contributed by atoms with Gasteiger partial charge in [0.2, 0.25) is 0 Å². The van der Waals surface area contributed by atoms with Crippen LogP contribution in [0.2, 0.25) is 0 Å². The van der Waals surface area contributed by atoms with Gasteiger partial charge >= 0.3 is 0 Å². The summed E-state index contributed by atoms with van der Waals surface area (Å²) in [6.07, 6.45) is 10.6. The minimum Gasteiger partial charge on any atom is -0.356 e. The Morgan fingerprint density at radius 2 is 1.92 bits per heavy atom. The van der Waals surface area contributed by atoms with Crippen molar-refractivity contribution in [1.29, 1.82) is 0 Å². The van der Waals surface area contributed by atoms with Gasteiger partial charge in [-0.3, -0.25) is 15.0 Å². The molecule has 4 heterocycles. The Kier molecular flexibility index (Phi) is 8.16. The number of nitrogens with one attached hydrogen (secondary N) is 2. The van der Waals surface area contributed by atoms with Crippen LogP contribution < -0.4 is 10.6 Å². The molecule has 3 aromatic rings. The fourth-order valence-corrected chi connectivity index (χ4v) is 5.05. The molecule has 2 aliphatic rings. The minimum atomic E-state index is -1.39. The van der Waals surface area contributed by atoms with Gasteiger partial charge in [-0.1, -0.05) is 6.42 Å². The summed E-state index contributed by atoms with van der Waals surface area (Å²) >= 11 is 0. The highest BCUT2D eigenvalue weighted by molar-refractivity contribution is 6.04. The first-order valence-corrected chi connectivity index (χ1v) is 13.1. The fraction of sp³-hybridized carbons (Fsp3) is 0.393. The van der Waals surface area contributed by atoms with E-state index in [0.717, 1.165) is 61.3 Å². The van der Waals surface area contributed by atoms with E-state index in [2.05, 4.69) is 49.2 Å². The Morgan fingerprint density at radius 3 is 2.64 bits per heavy atom. The second kappa shape index (κ2) is 11.9. The number of aromatic nitrogens is 3. The molecule has 204 valence electrons. The first kappa shape index (κ1) is 26.7. The molecule has 0 amide bonds. The summed E-state index contributed by atoms with van der Waals surface area (Å²) in [5.74, 6) is -2.74. The molecule has 1 saturated heterocycles. The molecule has 0 atom stereocenters. The van der Waals surface area contributed by atoms with Gasteiger partial charge in [-0.15, -0.1) is 0 Å². The molecular weight excluding hydrogens is 505 g/mol. The van der Waals surface area contributed by atoms with E-state index in [4.69, 9.17) is 4.99 Å². The van der Waals surface area contributed by atoms with E-state index >= 15 is 0 Å². The Labute approximate surface area is 225 Å². The van der Waals surface area contributed by atoms with Gasteiger partial charge in [0.05, 0.1) is 18.4 Å². The quantitative estimate of drug-likeness (QED) is 0.232. The molecule has 0 bridgehead atoms. The van der Waals surface area contributed by atoms with Gasteiger partial charge in [-0.2, -0.15) is 9.37 Å². The molecular formula is C28H31F3N8. The van der Waals surface area contributed by atoms with E-state index in [0.29, 0.717) is 30.3 Å². The molecule has 1 aliphatic carbocycles. The van der Waals surface area contributed by atoms with Crippen molar-refractivity contribution in [2.45, 2.75) is 50.6 Å². The molecule has 0 unspecified atom stereocenters. The average Bonchev–Trinajstić information content (AvgIpc) is 2.92. The van der Waals surface area contributed by atoms with Crippen molar-refractivity contribution in [1.82, 2.24) is 25.2 Å². The van der Waals surface area contributed by atoms with E-state index in [1.54, 1.807) is 24.5 Å². The van der Waals surface area contributed by atoms with Crippen LogP contribution in [0.5, 0.6) is 0 Å². The monoisotopic (exact) mass is 536 g/mol. The second-order valence-electron chi connectivity index (χ2n) is 9.91. The van der Waals surface area contributed by atoms with E-state index in [9.17, 15) is 13.2 Å². The third kappa shape index (κ3) is 5.93. The first-order valence-electron chi connectivity index (χ1n) is 13.1. The zero-order valence-corrected chi connectivity index (χ0v) is 21.8. The molecule has 5 rings (SSSR count). The van der Waals surface area contributed by atoms with Crippen LogP contribution in [0, 0.1) is 17.6 Å². The van der Waals surface area contributed by atoms with E-state index in [-0.39, 0.29) is 5.82 Å². The standard InChI is InChI=1S/C28H31F3N8/c1-32-23-16-34-15-20(18-4-3-5-18)25(23)28(39(2)19-7-9-33-10-8-19)36-14-17-6-11-35-24(12-17)37-27-22(30)13-21(29)26(31)38-27/h6,11-13,15-16,18-19,33H,1,3-5,7-10,14H2,2H3,(H,35,37,38). The number of nitrogens with zero attached hydrogens (tertiary/aromatic N) is 6. The highest BCUT2D eigenvalue weighted by Crippen LogP contribution is 2.40. The lowest BCUT2D eigenvalue weighted by Crippen LogP contribution is -2.44. The van der Waals surface area contributed by atoms with Gasteiger partial charge in [0.25, 0.3) is 5.95 Å². The highest BCUT2D eigenvalue weighted by Gasteiger charge is 2.30. The Hall–Kier alpha value is -3.86. The lowest BCUT2D eigenvalue weighted by atomic mass is 9.78. The SMILES string of the molecule is C=Nc1cncc(C2CCC2)c1C(=NCc1ccnc(Nc2nc(F)c(F)cc2F)c1)N(C)C1CCNCC1. The third-order valence-corrected chi connectivity index (χ3v) is 7.45. The molecule has 11 heteroatoms. The highest BCUT2D eigenvalue weighted by atomic mass is 19.2. The van der Waals surface area contributed by atoms with Crippen molar-refractivity contribution < 1.29 is 13.2 Å². The van der Waals surface area contributed by atoms with Crippen LogP contribution in [0.1, 0.15) is 54.7 Å². The average molecular weight is 537 g/mol. The summed E-state index contributed by atoms with van der Waals surface area (Å²) in [5, 5.41) is 6.05. The number of amidine groups is 1. The van der Waals surface area contributed by atoms with Crippen molar-refractivity contribution in [3.8, 4) is 0 Å². The Bertz CT molecular complexity index is 1370. The summed E-state index contributed by atoms with van der Waals surface area (Å²) in [6.45, 7) is 5.98. The van der Waals surface area contributed by atoms with Crippen molar-refractivity contribution in [2.24, 2.45) is 9.98 Å². The van der Waals surface area contributed by atoms with Gasteiger partial charge in [0.15, 0.2) is 17.5 Å². The molecule has 1 aliphatic heterocycles. The van der Waals surface area contributed by atoms with Crippen molar-refractivity contribution >= 4 is 29.9 Å². The van der Waals surface area contributed by atoms with Crippen LogP contribution in [0.3, 0.4) is 0 Å². The zero-order valence-electron chi connectivity index (χ0n) is 21.8. The maximum Gasteiger partial charge on any atom is 0.251 e. The van der Waals surface area contributed by atoms with Crippen molar-refractivity contribution in [3.63, 3.8) is 0 Å². The Morgan fingerprint density at radius 1 is 1.13 bits per heavy atom. The van der Waals surface area contributed by atoms with Gasteiger partial charge < -0.3 is 15.5 Å². The normalized spacial score (nSPS) is 16.6. The van der Waals surface area contributed by atoms with Gasteiger partial charge in [0, 0.05) is 37.1 Å². The van der Waals surface area contributed by atoms with Gasteiger partial charge in [0.1, 0.15) is 11.7 Å². The Balaban J connectivity index is 1.48. The summed E-state index contributed by atoms with van der Waals surface area (Å²) in [7, 11) is 2.07. The van der Waals surface area contributed by atoms with Crippen LogP contribution in [0.4, 0.5) is 30.5 Å². The zero-order chi connectivity index (χ0) is 27.4. The van der Waals surface area contributed by atoms with E-state index < -0.39 is 23.4 Å². The van der Waals surface area contributed by atoms with Crippen molar-refractivity contribution in [3.05, 3.63) is 71.1 Å². The predicted octanol–water partition coefficient (Wildman–Crippen LogP) is 5.26. The molecule has 8 nitrogen and oxygen atoms in total. The largest absolute Gasteiger partial charge is 0.356 e. The predicted molar refractivity (Wildman–Crippen MR) is 146 cm³/mol. The number of aliphatic imine (C=N–C) groups is 2. The van der Waals surface area contributed by atoms with Crippen LogP contribution in [-0.4, -0.2) is 58.6 Å². The summed E-state index contributed by atoms with van der Waals surface area (Å²) in [5.41, 5.74) is 3.60. The lowest BCUT2D eigenvalue weighted by Gasteiger charge is -2.36. The fourth-order valence-electron chi connectivity index (χ4n) is 5.05. The number of anilines is 2. The maximum atomic E-state index is 14.1. The molecule has 39 heavy (non-hydrogen) atoms. The van der Waals surface area contributed by atoms with E-state index in [1.165, 1.54) is 6.42 Å². The molecule has 3 aromatic heterocycles. The third-order valence-electron chi connectivity index (χ3n) is 7.45. The molecule has 0 radical (unpaired) electrons. The summed E-state index contributed by atoms with van der Waals surface area (Å²) < 4.78 is 41.0. The number of hydrogen-bond acceptors (Lipinski definition) is 7. The van der Waals surface area contributed by atoms with Crippen LogP contribution in [0.15, 0.2) is 46.8 Å².